The van der Waals surface area contributed by atoms with Gasteiger partial charge in [-0.1, -0.05) is 24.6 Å². The SMILES string of the molecule is Cc1ccc(NC(=O)[C@@H]2C[C@H]2C)cc1S(=O)(=O)Nc1ccc(Cl)cc1. The molecule has 1 fully saturated rings. The molecule has 0 radical (unpaired) electrons. The van der Waals surface area contributed by atoms with Crippen molar-refractivity contribution in [3.05, 3.63) is 53.1 Å². The topological polar surface area (TPSA) is 75.3 Å². The van der Waals surface area contributed by atoms with Crippen molar-refractivity contribution in [2.24, 2.45) is 11.8 Å². The van der Waals surface area contributed by atoms with Crippen molar-refractivity contribution in [2.45, 2.75) is 25.2 Å². The fraction of sp³-hybridized carbons (Fsp3) is 0.278. The standard InChI is InChI=1S/C18H19ClN2O3S/c1-11-3-6-15(20-18(22)16-9-12(16)2)10-17(11)25(23,24)21-14-7-4-13(19)5-8-14/h3-8,10,12,16,21H,9H2,1-2H3,(H,20,22)/t12-,16-/m1/s1. The highest BCUT2D eigenvalue weighted by Gasteiger charge is 2.39. The molecule has 2 N–H and O–H groups in total. The van der Waals surface area contributed by atoms with Crippen molar-refractivity contribution in [1.82, 2.24) is 0 Å². The molecule has 0 heterocycles. The van der Waals surface area contributed by atoms with Gasteiger partial charge in [0.05, 0.1) is 4.90 Å². The summed E-state index contributed by atoms with van der Waals surface area (Å²) >= 11 is 5.82. The zero-order chi connectivity index (χ0) is 18.2. The number of hydrogen-bond donors (Lipinski definition) is 2. The Hall–Kier alpha value is -2.05. The quantitative estimate of drug-likeness (QED) is 0.824. The summed E-state index contributed by atoms with van der Waals surface area (Å²) in [6.07, 6.45) is 0.876. The van der Waals surface area contributed by atoms with E-state index < -0.39 is 10.0 Å². The Labute approximate surface area is 152 Å². The minimum absolute atomic E-state index is 0.0218. The molecular formula is C18H19ClN2O3S. The van der Waals surface area contributed by atoms with E-state index >= 15 is 0 Å². The van der Waals surface area contributed by atoms with Gasteiger partial charge in [-0.05, 0) is 61.2 Å². The van der Waals surface area contributed by atoms with E-state index in [-0.39, 0.29) is 16.7 Å². The molecule has 2 aromatic carbocycles. The number of carbonyl (C=O) groups is 1. The molecule has 0 bridgehead atoms. The predicted octanol–water partition coefficient (Wildman–Crippen LogP) is 4.04. The lowest BCUT2D eigenvalue weighted by Gasteiger charge is -2.13. The third kappa shape index (κ3) is 4.14. The van der Waals surface area contributed by atoms with E-state index in [2.05, 4.69) is 10.0 Å². The lowest BCUT2D eigenvalue weighted by Crippen LogP contribution is -2.17. The molecule has 1 aliphatic rings. The van der Waals surface area contributed by atoms with Crippen molar-refractivity contribution in [3.63, 3.8) is 0 Å². The van der Waals surface area contributed by atoms with E-state index in [1.165, 1.54) is 6.07 Å². The average molecular weight is 379 g/mol. The van der Waals surface area contributed by atoms with Gasteiger partial charge in [0.15, 0.2) is 0 Å². The molecule has 25 heavy (non-hydrogen) atoms. The second-order valence-corrected chi connectivity index (χ2v) is 8.49. The van der Waals surface area contributed by atoms with E-state index in [0.29, 0.717) is 27.9 Å². The summed E-state index contributed by atoms with van der Waals surface area (Å²) in [7, 11) is -3.77. The van der Waals surface area contributed by atoms with Crippen LogP contribution in [0.3, 0.4) is 0 Å². The Kier molecular flexibility index (Phi) is 4.75. The van der Waals surface area contributed by atoms with Crippen LogP contribution in [0.4, 0.5) is 11.4 Å². The molecule has 1 aliphatic carbocycles. The first-order valence-corrected chi connectivity index (χ1v) is 9.82. The minimum Gasteiger partial charge on any atom is -0.326 e. The van der Waals surface area contributed by atoms with Crippen LogP contribution in [0.1, 0.15) is 18.9 Å². The van der Waals surface area contributed by atoms with Gasteiger partial charge in [0.2, 0.25) is 5.91 Å². The molecule has 0 unspecified atom stereocenters. The van der Waals surface area contributed by atoms with Gasteiger partial charge < -0.3 is 5.32 Å². The number of carbonyl (C=O) groups excluding carboxylic acids is 1. The van der Waals surface area contributed by atoms with Crippen LogP contribution >= 0.6 is 11.6 Å². The fourth-order valence-electron chi connectivity index (χ4n) is 2.62. The van der Waals surface area contributed by atoms with Crippen LogP contribution in [0, 0.1) is 18.8 Å². The van der Waals surface area contributed by atoms with Crippen molar-refractivity contribution < 1.29 is 13.2 Å². The van der Waals surface area contributed by atoms with E-state index in [9.17, 15) is 13.2 Å². The number of amides is 1. The summed E-state index contributed by atoms with van der Waals surface area (Å²) in [6, 6.07) is 11.3. The molecule has 0 aromatic heterocycles. The third-order valence-corrected chi connectivity index (χ3v) is 6.06. The molecule has 1 saturated carbocycles. The first kappa shape index (κ1) is 17.8. The second kappa shape index (κ2) is 6.69. The monoisotopic (exact) mass is 378 g/mol. The molecule has 7 heteroatoms. The normalized spacial score (nSPS) is 19.3. The lowest BCUT2D eigenvalue weighted by atomic mass is 10.2. The lowest BCUT2D eigenvalue weighted by molar-refractivity contribution is -0.117. The number of anilines is 2. The van der Waals surface area contributed by atoms with Crippen LogP contribution in [-0.4, -0.2) is 14.3 Å². The van der Waals surface area contributed by atoms with Gasteiger partial charge in [0, 0.05) is 22.3 Å². The van der Waals surface area contributed by atoms with Crippen molar-refractivity contribution >= 4 is 38.9 Å². The van der Waals surface area contributed by atoms with E-state index in [1.807, 2.05) is 6.92 Å². The molecular weight excluding hydrogens is 360 g/mol. The highest BCUT2D eigenvalue weighted by Crippen LogP contribution is 2.38. The molecule has 3 rings (SSSR count). The first-order valence-electron chi connectivity index (χ1n) is 7.96. The summed E-state index contributed by atoms with van der Waals surface area (Å²) in [6.45, 7) is 3.73. The Morgan fingerprint density at radius 3 is 2.32 bits per heavy atom. The number of rotatable bonds is 5. The van der Waals surface area contributed by atoms with E-state index in [1.54, 1.807) is 43.3 Å². The summed E-state index contributed by atoms with van der Waals surface area (Å²) in [4.78, 5) is 12.2. The average Bonchev–Trinajstić information content (AvgIpc) is 3.28. The largest absolute Gasteiger partial charge is 0.326 e. The Morgan fingerprint density at radius 2 is 1.72 bits per heavy atom. The Balaban J connectivity index is 1.83. The van der Waals surface area contributed by atoms with Gasteiger partial charge in [0.1, 0.15) is 0 Å². The number of benzene rings is 2. The number of sulfonamides is 1. The van der Waals surface area contributed by atoms with Crippen molar-refractivity contribution in [1.29, 1.82) is 0 Å². The maximum absolute atomic E-state index is 12.7. The van der Waals surface area contributed by atoms with Gasteiger partial charge in [0.25, 0.3) is 10.0 Å². The van der Waals surface area contributed by atoms with Gasteiger partial charge >= 0.3 is 0 Å². The van der Waals surface area contributed by atoms with Crippen LogP contribution in [0.25, 0.3) is 0 Å². The fourth-order valence-corrected chi connectivity index (χ4v) is 4.07. The number of nitrogens with one attached hydrogen (secondary N) is 2. The summed E-state index contributed by atoms with van der Waals surface area (Å²) in [5.74, 6) is 0.346. The number of aryl methyl sites for hydroxylation is 1. The number of halogens is 1. The molecule has 5 nitrogen and oxygen atoms in total. The van der Waals surface area contributed by atoms with Gasteiger partial charge in [-0.3, -0.25) is 9.52 Å². The van der Waals surface area contributed by atoms with E-state index in [0.717, 1.165) is 6.42 Å². The highest BCUT2D eigenvalue weighted by molar-refractivity contribution is 7.92. The van der Waals surface area contributed by atoms with Gasteiger partial charge in [-0.25, -0.2) is 8.42 Å². The summed E-state index contributed by atoms with van der Waals surface area (Å²) in [5.41, 5.74) is 1.50. The molecule has 0 spiro atoms. The molecule has 1 amide bonds. The summed E-state index contributed by atoms with van der Waals surface area (Å²) < 4.78 is 27.9. The van der Waals surface area contributed by atoms with Crippen LogP contribution in [0.5, 0.6) is 0 Å². The van der Waals surface area contributed by atoms with Crippen LogP contribution in [-0.2, 0) is 14.8 Å². The molecule has 132 valence electrons. The second-order valence-electron chi connectivity index (χ2n) is 6.40. The third-order valence-electron chi connectivity index (χ3n) is 4.29. The zero-order valence-electron chi connectivity index (χ0n) is 13.9. The van der Waals surface area contributed by atoms with Crippen LogP contribution in [0.15, 0.2) is 47.4 Å². The van der Waals surface area contributed by atoms with Crippen molar-refractivity contribution in [3.8, 4) is 0 Å². The van der Waals surface area contributed by atoms with Crippen LogP contribution in [0.2, 0.25) is 5.02 Å². The van der Waals surface area contributed by atoms with Gasteiger partial charge in [-0.2, -0.15) is 0 Å². The maximum Gasteiger partial charge on any atom is 0.262 e. The zero-order valence-corrected chi connectivity index (χ0v) is 15.5. The molecule has 0 aliphatic heterocycles. The summed E-state index contributed by atoms with van der Waals surface area (Å²) in [5, 5.41) is 3.32. The van der Waals surface area contributed by atoms with Gasteiger partial charge in [-0.15, -0.1) is 0 Å². The predicted molar refractivity (Wildman–Crippen MR) is 99.3 cm³/mol. The number of hydrogen-bond acceptors (Lipinski definition) is 3. The minimum atomic E-state index is -3.77. The van der Waals surface area contributed by atoms with Crippen LogP contribution < -0.4 is 10.0 Å². The Bertz CT molecular complexity index is 910. The smallest absolute Gasteiger partial charge is 0.262 e. The molecule has 2 atom stereocenters. The molecule has 2 aromatic rings. The first-order chi connectivity index (χ1) is 11.8. The Morgan fingerprint density at radius 1 is 1.12 bits per heavy atom. The highest BCUT2D eigenvalue weighted by atomic mass is 35.5. The maximum atomic E-state index is 12.7. The molecule has 0 saturated heterocycles. The van der Waals surface area contributed by atoms with E-state index in [4.69, 9.17) is 11.6 Å². The van der Waals surface area contributed by atoms with Crippen molar-refractivity contribution in [2.75, 3.05) is 10.0 Å².